The van der Waals surface area contributed by atoms with E-state index in [2.05, 4.69) is 5.10 Å². The molecule has 0 atom stereocenters. The molecule has 180 valence electrons. The number of carbonyl (C=O) groups is 1. The lowest BCUT2D eigenvalue weighted by atomic mass is 10.1. The summed E-state index contributed by atoms with van der Waals surface area (Å²) in [7, 11) is 4.83. The Labute approximate surface area is 202 Å². The van der Waals surface area contributed by atoms with Crippen molar-refractivity contribution in [1.29, 1.82) is 0 Å². The van der Waals surface area contributed by atoms with Crippen molar-refractivity contribution in [1.82, 2.24) is 14.7 Å². The molecule has 0 saturated carbocycles. The fourth-order valence-electron chi connectivity index (χ4n) is 3.74. The Morgan fingerprint density at radius 2 is 1.66 bits per heavy atom. The van der Waals surface area contributed by atoms with Gasteiger partial charge in [-0.3, -0.25) is 4.79 Å². The zero-order valence-corrected chi connectivity index (χ0v) is 19.7. The summed E-state index contributed by atoms with van der Waals surface area (Å²) in [4.78, 5) is 15.0. The fraction of sp³-hybridized carbons (Fsp3) is 0.185. The van der Waals surface area contributed by atoms with Gasteiger partial charge in [-0.15, -0.1) is 0 Å². The summed E-state index contributed by atoms with van der Waals surface area (Å²) in [5.74, 6) is 0.0875. The zero-order valence-electron chi connectivity index (χ0n) is 19.7. The van der Waals surface area contributed by atoms with Gasteiger partial charge in [0.15, 0.2) is 11.5 Å². The first-order valence-electron chi connectivity index (χ1n) is 11.0. The first kappa shape index (κ1) is 23.9. The lowest BCUT2D eigenvalue weighted by Gasteiger charge is -2.18. The molecule has 0 saturated heterocycles. The third kappa shape index (κ3) is 5.16. The maximum absolute atomic E-state index is 14.4. The van der Waals surface area contributed by atoms with Gasteiger partial charge >= 0.3 is 0 Å². The number of rotatable bonds is 8. The molecule has 0 aliphatic rings. The summed E-state index contributed by atoms with van der Waals surface area (Å²) >= 11 is 0. The minimum absolute atomic E-state index is 0.240. The van der Waals surface area contributed by atoms with Crippen LogP contribution >= 0.6 is 0 Å². The predicted octanol–water partition coefficient (Wildman–Crippen LogP) is 5.15. The van der Waals surface area contributed by atoms with E-state index in [1.165, 1.54) is 35.0 Å². The average molecular weight is 478 g/mol. The van der Waals surface area contributed by atoms with E-state index in [4.69, 9.17) is 9.47 Å². The first-order chi connectivity index (χ1) is 16.9. The van der Waals surface area contributed by atoms with Gasteiger partial charge in [0, 0.05) is 19.2 Å². The van der Waals surface area contributed by atoms with E-state index >= 15 is 0 Å². The van der Waals surface area contributed by atoms with Crippen molar-refractivity contribution in [2.24, 2.45) is 0 Å². The lowest BCUT2D eigenvalue weighted by molar-refractivity contribution is 0.0787. The molecule has 1 amide bonds. The van der Waals surface area contributed by atoms with Gasteiger partial charge in [0.25, 0.3) is 5.91 Å². The second-order valence-corrected chi connectivity index (χ2v) is 7.95. The van der Waals surface area contributed by atoms with Crippen molar-refractivity contribution in [2.75, 3.05) is 27.8 Å². The number of aromatic nitrogens is 2. The largest absolute Gasteiger partial charge is 0.493 e. The maximum atomic E-state index is 14.4. The topological polar surface area (TPSA) is 56.6 Å². The van der Waals surface area contributed by atoms with Crippen LogP contribution in [0, 0.1) is 11.6 Å². The van der Waals surface area contributed by atoms with E-state index in [0.29, 0.717) is 35.8 Å². The number of ether oxygens (including phenoxy) is 2. The molecule has 1 heterocycles. The summed E-state index contributed by atoms with van der Waals surface area (Å²) in [5.41, 5.74) is 2.29. The van der Waals surface area contributed by atoms with Crippen LogP contribution in [0.4, 0.5) is 8.78 Å². The van der Waals surface area contributed by atoms with E-state index in [9.17, 15) is 13.6 Å². The molecule has 4 aromatic rings. The normalized spacial score (nSPS) is 10.8. The number of amides is 1. The third-order valence-corrected chi connectivity index (χ3v) is 5.68. The van der Waals surface area contributed by atoms with Crippen molar-refractivity contribution < 1.29 is 23.0 Å². The molecule has 0 spiro atoms. The van der Waals surface area contributed by atoms with Crippen molar-refractivity contribution in [3.05, 3.63) is 95.7 Å². The van der Waals surface area contributed by atoms with Gasteiger partial charge in [-0.05, 0) is 66.6 Å². The molecule has 4 rings (SSSR count). The summed E-state index contributed by atoms with van der Waals surface area (Å²) < 4.78 is 40.0. The molecule has 0 unspecified atom stereocenters. The molecule has 6 nitrogen and oxygen atoms in total. The van der Waals surface area contributed by atoms with Crippen LogP contribution in [0.3, 0.4) is 0 Å². The number of nitrogens with zero attached hydrogens (tertiary/aromatic N) is 3. The van der Waals surface area contributed by atoms with Gasteiger partial charge in [-0.1, -0.05) is 18.2 Å². The van der Waals surface area contributed by atoms with Gasteiger partial charge in [-0.2, -0.15) is 5.10 Å². The zero-order chi connectivity index (χ0) is 24.9. The third-order valence-electron chi connectivity index (χ3n) is 5.68. The Hall–Kier alpha value is -4.20. The highest BCUT2D eigenvalue weighted by atomic mass is 19.1. The minimum Gasteiger partial charge on any atom is -0.493 e. The summed E-state index contributed by atoms with van der Waals surface area (Å²) in [6, 6.07) is 19.0. The van der Waals surface area contributed by atoms with E-state index in [1.807, 2.05) is 18.2 Å². The van der Waals surface area contributed by atoms with Gasteiger partial charge < -0.3 is 14.4 Å². The Bertz CT molecular complexity index is 1340. The van der Waals surface area contributed by atoms with Gasteiger partial charge in [0.05, 0.1) is 25.6 Å². The molecule has 1 aromatic heterocycles. The number of hydrogen-bond donors (Lipinski definition) is 0. The highest BCUT2D eigenvalue weighted by molar-refractivity contribution is 5.94. The number of halogens is 2. The van der Waals surface area contributed by atoms with Crippen molar-refractivity contribution >= 4 is 5.91 Å². The average Bonchev–Trinajstić information content (AvgIpc) is 3.32. The standard InChI is InChI=1S/C27H25F2N3O3/c1-31(15-14-18-8-13-25(34-2)26(16-18)35-3)27(33)24-17-23(21-6-4-5-7-22(21)29)30-32(24)20-11-9-19(28)10-12-20/h4-13,16-17H,14-15H2,1-3H3. The summed E-state index contributed by atoms with van der Waals surface area (Å²) in [6.07, 6.45) is 0.577. The maximum Gasteiger partial charge on any atom is 0.272 e. The van der Waals surface area contributed by atoms with Crippen LogP contribution in [0.2, 0.25) is 0 Å². The van der Waals surface area contributed by atoms with Crippen molar-refractivity contribution in [2.45, 2.75) is 6.42 Å². The van der Waals surface area contributed by atoms with E-state index < -0.39 is 11.6 Å². The second kappa shape index (κ2) is 10.4. The van der Waals surface area contributed by atoms with Gasteiger partial charge in [0.1, 0.15) is 17.3 Å². The van der Waals surface area contributed by atoms with Crippen LogP contribution in [0.1, 0.15) is 16.1 Å². The smallest absolute Gasteiger partial charge is 0.272 e. The summed E-state index contributed by atoms with van der Waals surface area (Å²) in [5, 5.41) is 4.48. The monoisotopic (exact) mass is 477 g/mol. The molecular formula is C27H25F2N3O3. The Balaban J connectivity index is 1.62. The molecule has 3 aromatic carbocycles. The number of benzene rings is 3. The SMILES string of the molecule is COc1ccc(CCN(C)C(=O)c2cc(-c3ccccc3F)nn2-c2ccc(F)cc2)cc1OC. The molecule has 0 bridgehead atoms. The predicted molar refractivity (Wildman–Crippen MR) is 129 cm³/mol. The second-order valence-electron chi connectivity index (χ2n) is 7.95. The summed E-state index contributed by atoms with van der Waals surface area (Å²) in [6.45, 7) is 0.415. The molecule has 0 N–H and O–H groups in total. The number of carbonyl (C=O) groups excluding carboxylic acids is 1. The van der Waals surface area contributed by atoms with Crippen LogP contribution < -0.4 is 9.47 Å². The number of likely N-dealkylation sites (N-methyl/N-ethyl adjacent to an activating group) is 1. The number of hydrogen-bond acceptors (Lipinski definition) is 4. The Morgan fingerprint density at radius 1 is 0.943 bits per heavy atom. The van der Waals surface area contributed by atoms with E-state index in [1.54, 1.807) is 50.4 Å². The lowest BCUT2D eigenvalue weighted by Crippen LogP contribution is -2.30. The van der Waals surface area contributed by atoms with Crippen molar-refractivity contribution in [3.8, 4) is 28.4 Å². The molecule has 0 fully saturated rings. The van der Waals surface area contributed by atoms with Crippen LogP contribution in [0.15, 0.2) is 72.8 Å². The molecule has 0 radical (unpaired) electrons. The molecule has 0 aliphatic heterocycles. The van der Waals surface area contributed by atoms with Gasteiger partial charge in [-0.25, -0.2) is 13.5 Å². The fourth-order valence-corrected chi connectivity index (χ4v) is 3.74. The molecule has 35 heavy (non-hydrogen) atoms. The highest BCUT2D eigenvalue weighted by Crippen LogP contribution is 2.28. The van der Waals surface area contributed by atoms with Crippen LogP contribution in [-0.2, 0) is 6.42 Å². The first-order valence-corrected chi connectivity index (χ1v) is 11.0. The molecule has 8 heteroatoms. The van der Waals surface area contributed by atoms with Crippen LogP contribution in [-0.4, -0.2) is 48.4 Å². The van der Waals surface area contributed by atoms with Gasteiger partial charge in [0.2, 0.25) is 0 Å². The van der Waals surface area contributed by atoms with Crippen LogP contribution in [0.25, 0.3) is 16.9 Å². The quantitative estimate of drug-likeness (QED) is 0.352. The van der Waals surface area contributed by atoms with Crippen LogP contribution in [0.5, 0.6) is 11.5 Å². The Morgan fingerprint density at radius 3 is 2.34 bits per heavy atom. The van der Waals surface area contributed by atoms with Crippen molar-refractivity contribution in [3.63, 3.8) is 0 Å². The van der Waals surface area contributed by atoms with E-state index in [0.717, 1.165) is 5.56 Å². The highest BCUT2D eigenvalue weighted by Gasteiger charge is 2.22. The Kier molecular flexibility index (Phi) is 7.10. The number of methoxy groups -OCH3 is 2. The molecule has 0 aliphatic carbocycles. The molecular weight excluding hydrogens is 452 g/mol. The minimum atomic E-state index is -0.447. The van der Waals surface area contributed by atoms with E-state index in [-0.39, 0.29) is 17.2 Å².